The number of halogens is 2. The quantitative estimate of drug-likeness (QED) is 0.593. The van der Waals surface area contributed by atoms with Gasteiger partial charge >= 0.3 is 0 Å². The van der Waals surface area contributed by atoms with Crippen molar-refractivity contribution in [3.63, 3.8) is 0 Å². The lowest BCUT2D eigenvalue weighted by Gasteiger charge is -2.34. The summed E-state index contributed by atoms with van der Waals surface area (Å²) in [6.45, 7) is 5.02. The molecule has 0 spiro atoms. The van der Waals surface area contributed by atoms with Gasteiger partial charge in [-0.1, -0.05) is 40.6 Å². The molecule has 30 heavy (non-hydrogen) atoms. The summed E-state index contributed by atoms with van der Waals surface area (Å²) in [4.78, 5) is 21.6. The third-order valence-electron chi connectivity index (χ3n) is 5.10. The SMILES string of the molecule is COc1c(Cl)ccc2sc(N3CCN(CCNC(=O)c4cccc(Cl)c4)CC3)nc12. The second-order valence-corrected chi connectivity index (χ2v) is 8.87. The Bertz CT molecular complexity index is 1050. The molecule has 0 saturated carbocycles. The minimum Gasteiger partial charge on any atom is -0.493 e. The van der Waals surface area contributed by atoms with Crippen LogP contribution in [0.5, 0.6) is 5.75 Å². The summed E-state index contributed by atoms with van der Waals surface area (Å²) in [5.74, 6) is 0.531. The van der Waals surface area contributed by atoms with E-state index in [4.69, 9.17) is 32.9 Å². The van der Waals surface area contributed by atoms with Gasteiger partial charge in [0.15, 0.2) is 10.9 Å². The van der Waals surface area contributed by atoms with Crippen molar-refractivity contribution in [2.45, 2.75) is 0 Å². The van der Waals surface area contributed by atoms with E-state index in [2.05, 4.69) is 15.1 Å². The molecular formula is C21H22Cl2N4O2S. The van der Waals surface area contributed by atoms with Crippen LogP contribution in [0.2, 0.25) is 10.0 Å². The molecule has 158 valence electrons. The molecule has 1 fully saturated rings. The number of piperazine rings is 1. The van der Waals surface area contributed by atoms with Gasteiger partial charge in [0.25, 0.3) is 5.91 Å². The Kier molecular flexibility index (Phi) is 6.63. The number of carbonyl (C=O) groups is 1. The molecule has 1 N–H and O–H groups in total. The van der Waals surface area contributed by atoms with Gasteiger partial charge in [0, 0.05) is 49.9 Å². The normalized spacial score (nSPS) is 14.8. The van der Waals surface area contributed by atoms with Gasteiger partial charge in [-0.3, -0.25) is 9.69 Å². The first-order valence-corrected chi connectivity index (χ1v) is 11.3. The number of hydrogen-bond donors (Lipinski definition) is 1. The predicted molar refractivity (Wildman–Crippen MR) is 124 cm³/mol. The number of nitrogens with one attached hydrogen (secondary N) is 1. The molecule has 0 bridgehead atoms. The second-order valence-electron chi connectivity index (χ2n) is 7.02. The summed E-state index contributed by atoms with van der Waals surface area (Å²) in [6, 6.07) is 10.8. The van der Waals surface area contributed by atoms with E-state index in [1.165, 1.54) is 0 Å². The molecule has 9 heteroatoms. The third kappa shape index (κ3) is 4.64. The number of fused-ring (bicyclic) bond motifs is 1. The van der Waals surface area contributed by atoms with Gasteiger partial charge in [-0.25, -0.2) is 4.98 Å². The average molecular weight is 465 g/mol. The van der Waals surface area contributed by atoms with Gasteiger partial charge in [-0.2, -0.15) is 0 Å². The summed E-state index contributed by atoms with van der Waals surface area (Å²) in [5, 5.41) is 5.09. The van der Waals surface area contributed by atoms with Crippen LogP contribution in [0.4, 0.5) is 5.13 Å². The van der Waals surface area contributed by atoms with Crippen molar-refractivity contribution in [3.8, 4) is 5.75 Å². The Balaban J connectivity index is 1.29. The lowest BCUT2D eigenvalue weighted by molar-refractivity contribution is 0.0948. The second kappa shape index (κ2) is 9.39. The molecular weight excluding hydrogens is 443 g/mol. The monoisotopic (exact) mass is 464 g/mol. The van der Waals surface area contributed by atoms with E-state index in [1.807, 2.05) is 12.1 Å². The van der Waals surface area contributed by atoms with Gasteiger partial charge in [-0.15, -0.1) is 0 Å². The van der Waals surface area contributed by atoms with E-state index in [0.717, 1.165) is 48.1 Å². The highest BCUT2D eigenvalue weighted by molar-refractivity contribution is 7.22. The fourth-order valence-electron chi connectivity index (χ4n) is 3.49. The highest BCUT2D eigenvalue weighted by Gasteiger charge is 2.21. The third-order valence-corrected chi connectivity index (χ3v) is 6.72. The number of hydrogen-bond acceptors (Lipinski definition) is 6. The van der Waals surface area contributed by atoms with Crippen LogP contribution in [-0.4, -0.2) is 62.2 Å². The Morgan fingerprint density at radius 3 is 2.73 bits per heavy atom. The molecule has 1 aliphatic rings. The zero-order valence-corrected chi connectivity index (χ0v) is 18.9. The van der Waals surface area contributed by atoms with Crippen LogP contribution in [0.3, 0.4) is 0 Å². The number of benzene rings is 2. The predicted octanol–water partition coefficient (Wildman–Crippen LogP) is 4.16. The molecule has 0 radical (unpaired) electrons. The first-order chi connectivity index (χ1) is 14.5. The lowest BCUT2D eigenvalue weighted by Crippen LogP contribution is -2.48. The minimum atomic E-state index is -0.0989. The van der Waals surface area contributed by atoms with E-state index in [-0.39, 0.29) is 5.91 Å². The highest BCUT2D eigenvalue weighted by Crippen LogP contribution is 2.38. The van der Waals surface area contributed by atoms with E-state index < -0.39 is 0 Å². The van der Waals surface area contributed by atoms with Gasteiger partial charge in [0.05, 0.1) is 16.8 Å². The number of anilines is 1. The van der Waals surface area contributed by atoms with Gasteiger partial charge in [-0.05, 0) is 30.3 Å². The molecule has 1 saturated heterocycles. The maximum Gasteiger partial charge on any atom is 0.251 e. The largest absolute Gasteiger partial charge is 0.493 e. The van der Waals surface area contributed by atoms with Crippen molar-refractivity contribution in [1.82, 2.24) is 15.2 Å². The Morgan fingerprint density at radius 1 is 1.20 bits per heavy atom. The van der Waals surface area contributed by atoms with Crippen LogP contribution >= 0.6 is 34.5 Å². The summed E-state index contributed by atoms with van der Waals surface area (Å²) in [6.07, 6.45) is 0. The van der Waals surface area contributed by atoms with E-state index in [9.17, 15) is 4.79 Å². The molecule has 0 unspecified atom stereocenters. The number of methoxy groups -OCH3 is 1. The van der Waals surface area contributed by atoms with Crippen LogP contribution in [0.15, 0.2) is 36.4 Å². The summed E-state index contributed by atoms with van der Waals surface area (Å²) < 4.78 is 6.49. The fourth-order valence-corrected chi connectivity index (χ4v) is 4.92. The molecule has 2 aromatic carbocycles. The number of carbonyl (C=O) groups excluding carboxylic acids is 1. The standard InChI is InChI=1S/C21H22Cl2N4O2S/c1-29-19-16(23)5-6-17-18(19)25-21(30-17)27-11-9-26(10-12-27)8-7-24-20(28)14-3-2-4-15(22)13-14/h2-6,13H,7-12H2,1H3,(H,24,28). The lowest BCUT2D eigenvalue weighted by atomic mass is 10.2. The fraction of sp³-hybridized carbons (Fsp3) is 0.333. The maximum absolute atomic E-state index is 12.2. The minimum absolute atomic E-state index is 0.0989. The van der Waals surface area contributed by atoms with Crippen molar-refractivity contribution >= 4 is 55.8 Å². The summed E-state index contributed by atoms with van der Waals surface area (Å²) in [7, 11) is 1.61. The average Bonchev–Trinajstić information content (AvgIpc) is 3.18. The number of thiazole rings is 1. The number of aromatic nitrogens is 1. The van der Waals surface area contributed by atoms with E-state index >= 15 is 0 Å². The first kappa shape index (κ1) is 21.2. The van der Waals surface area contributed by atoms with Crippen LogP contribution < -0.4 is 15.0 Å². The van der Waals surface area contributed by atoms with Crippen LogP contribution in [0.25, 0.3) is 10.2 Å². The Labute approximate surface area is 189 Å². The number of rotatable bonds is 6. The molecule has 1 aliphatic heterocycles. The van der Waals surface area contributed by atoms with Gasteiger partial charge < -0.3 is 15.0 Å². The number of amides is 1. The van der Waals surface area contributed by atoms with Crippen LogP contribution in [-0.2, 0) is 0 Å². The molecule has 1 aromatic heterocycles. The Morgan fingerprint density at radius 2 is 2.00 bits per heavy atom. The smallest absolute Gasteiger partial charge is 0.251 e. The van der Waals surface area contributed by atoms with Crippen molar-refractivity contribution in [1.29, 1.82) is 0 Å². The van der Waals surface area contributed by atoms with E-state index in [0.29, 0.717) is 27.9 Å². The van der Waals surface area contributed by atoms with Crippen molar-refractivity contribution in [2.75, 3.05) is 51.3 Å². The molecule has 0 aliphatic carbocycles. The van der Waals surface area contributed by atoms with Gasteiger partial charge in [0.1, 0.15) is 5.52 Å². The molecule has 4 rings (SSSR count). The van der Waals surface area contributed by atoms with Crippen molar-refractivity contribution in [2.24, 2.45) is 0 Å². The van der Waals surface area contributed by atoms with Crippen LogP contribution in [0, 0.1) is 0 Å². The topological polar surface area (TPSA) is 57.7 Å². The van der Waals surface area contributed by atoms with E-state index in [1.54, 1.807) is 42.7 Å². The highest BCUT2D eigenvalue weighted by atomic mass is 35.5. The molecule has 2 heterocycles. The summed E-state index contributed by atoms with van der Waals surface area (Å²) >= 11 is 13.8. The number of nitrogens with zero attached hydrogens (tertiary/aromatic N) is 3. The molecule has 1 amide bonds. The summed E-state index contributed by atoms with van der Waals surface area (Å²) in [5.41, 5.74) is 1.40. The first-order valence-electron chi connectivity index (χ1n) is 9.69. The van der Waals surface area contributed by atoms with Crippen LogP contribution in [0.1, 0.15) is 10.4 Å². The maximum atomic E-state index is 12.2. The van der Waals surface area contributed by atoms with Gasteiger partial charge in [0.2, 0.25) is 0 Å². The molecule has 3 aromatic rings. The Hall–Kier alpha value is -2.06. The molecule has 6 nitrogen and oxygen atoms in total. The van der Waals surface area contributed by atoms with Crippen molar-refractivity contribution in [3.05, 3.63) is 52.0 Å². The van der Waals surface area contributed by atoms with Crippen molar-refractivity contribution < 1.29 is 9.53 Å². The zero-order valence-electron chi connectivity index (χ0n) is 16.5. The number of ether oxygens (including phenoxy) is 1. The molecule has 0 atom stereocenters. The zero-order chi connectivity index (χ0) is 21.1.